The van der Waals surface area contributed by atoms with Crippen molar-refractivity contribution in [1.29, 1.82) is 0 Å². The maximum atomic E-state index is 12.6. The number of para-hydroxylation sites is 2. The Balaban J connectivity index is 1.57. The molecule has 1 unspecified atom stereocenters. The standard InChI is InChI=1S/C21H17N3O3/c25-20(15-9-13-5-1-3-7-17(13)22-12-15)24-19(21(26)27)10-14-11-23-18-8-4-2-6-16(14)18/h1-9,11-12,19,23H,10H2,(H,24,25)(H,26,27). The number of nitrogens with zero attached hydrogens (tertiary/aromatic N) is 1. The van der Waals surface area contributed by atoms with E-state index >= 15 is 0 Å². The molecule has 3 N–H and O–H groups in total. The molecule has 2 heterocycles. The Hall–Kier alpha value is -3.67. The van der Waals surface area contributed by atoms with Gasteiger partial charge in [-0.15, -0.1) is 0 Å². The molecule has 0 spiro atoms. The van der Waals surface area contributed by atoms with Gasteiger partial charge in [-0.3, -0.25) is 9.78 Å². The summed E-state index contributed by atoms with van der Waals surface area (Å²) in [6.45, 7) is 0. The summed E-state index contributed by atoms with van der Waals surface area (Å²) in [6, 6.07) is 15.8. The van der Waals surface area contributed by atoms with Crippen molar-refractivity contribution in [1.82, 2.24) is 15.3 Å². The van der Waals surface area contributed by atoms with Crippen LogP contribution < -0.4 is 5.32 Å². The van der Waals surface area contributed by atoms with Crippen LogP contribution in [-0.4, -0.2) is 33.0 Å². The molecule has 2 aromatic carbocycles. The predicted molar refractivity (Wildman–Crippen MR) is 103 cm³/mol. The lowest BCUT2D eigenvalue weighted by Crippen LogP contribution is -2.42. The van der Waals surface area contributed by atoms with Crippen LogP contribution in [0.1, 0.15) is 15.9 Å². The van der Waals surface area contributed by atoms with Crippen molar-refractivity contribution in [2.45, 2.75) is 12.5 Å². The number of carboxylic acid groups (broad SMARTS) is 1. The van der Waals surface area contributed by atoms with E-state index in [1.165, 1.54) is 6.20 Å². The molecule has 6 nitrogen and oxygen atoms in total. The number of rotatable bonds is 5. The number of hydrogen-bond acceptors (Lipinski definition) is 3. The number of aromatic amines is 1. The number of aliphatic carboxylic acids is 1. The normalized spacial score (nSPS) is 12.1. The summed E-state index contributed by atoms with van der Waals surface area (Å²) >= 11 is 0. The first-order chi connectivity index (χ1) is 13.1. The van der Waals surface area contributed by atoms with Gasteiger partial charge in [0.2, 0.25) is 0 Å². The number of carboxylic acids is 1. The van der Waals surface area contributed by atoms with Crippen LogP contribution in [0.2, 0.25) is 0 Å². The summed E-state index contributed by atoms with van der Waals surface area (Å²) in [7, 11) is 0. The van der Waals surface area contributed by atoms with Crippen molar-refractivity contribution >= 4 is 33.7 Å². The van der Waals surface area contributed by atoms with Crippen LogP contribution >= 0.6 is 0 Å². The summed E-state index contributed by atoms with van der Waals surface area (Å²) < 4.78 is 0. The van der Waals surface area contributed by atoms with E-state index in [0.29, 0.717) is 5.56 Å². The van der Waals surface area contributed by atoms with Gasteiger partial charge in [0.25, 0.3) is 5.91 Å². The van der Waals surface area contributed by atoms with Gasteiger partial charge < -0.3 is 15.4 Å². The largest absolute Gasteiger partial charge is 0.480 e. The highest BCUT2D eigenvalue weighted by molar-refractivity contribution is 5.99. The molecule has 0 aliphatic carbocycles. The number of carbonyl (C=O) groups is 2. The fourth-order valence-electron chi connectivity index (χ4n) is 3.16. The molecule has 6 heteroatoms. The second-order valence-corrected chi connectivity index (χ2v) is 6.34. The monoisotopic (exact) mass is 359 g/mol. The van der Waals surface area contributed by atoms with Gasteiger partial charge in [0.05, 0.1) is 11.1 Å². The van der Waals surface area contributed by atoms with Crippen molar-refractivity contribution in [2.75, 3.05) is 0 Å². The molecule has 1 atom stereocenters. The minimum atomic E-state index is -1.08. The van der Waals surface area contributed by atoms with E-state index in [1.54, 1.807) is 12.3 Å². The average Bonchev–Trinajstić information content (AvgIpc) is 3.10. The van der Waals surface area contributed by atoms with Crippen molar-refractivity contribution in [3.8, 4) is 0 Å². The Morgan fingerprint density at radius 2 is 1.89 bits per heavy atom. The van der Waals surface area contributed by atoms with Gasteiger partial charge in [0.15, 0.2) is 0 Å². The fourth-order valence-corrected chi connectivity index (χ4v) is 3.16. The number of carbonyl (C=O) groups excluding carboxylic acids is 1. The molecule has 0 bridgehead atoms. The van der Waals surface area contributed by atoms with Crippen molar-refractivity contribution < 1.29 is 14.7 Å². The third kappa shape index (κ3) is 3.37. The topological polar surface area (TPSA) is 95.1 Å². The first-order valence-corrected chi connectivity index (χ1v) is 8.55. The van der Waals surface area contributed by atoms with Gasteiger partial charge in [-0.25, -0.2) is 4.79 Å². The van der Waals surface area contributed by atoms with Crippen molar-refractivity contribution in [2.24, 2.45) is 0 Å². The smallest absolute Gasteiger partial charge is 0.326 e. The number of hydrogen-bond donors (Lipinski definition) is 3. The second kappa shape index (κ2) is 6.92. The third-order valence-corrected chi connectivity index (χ3v) is 4.56. The fraction of sp³-hybridized carbons (Fsp3) is 0.0952. The van der Waals surface area contributed by atoms with Crippen molar-refractivity contribution in [3.63, 3.8) is 0 Å². The van der Waals surface area contributed by atoms with Crippen LogP contribution in [0.5, 0.6) is 0 Å². The van der Waals surface area contributed by atoms with E-state index in [-0.39, 0.29) is 6.42 Å². The van der Waals surface area contributed by atoms with Crippen LogP contribution in [0.15, 0.2) is 67.0 Å². The maximum absolute atomic E-state index is 12.6. The molecule has 4 aromatic rings. The van der Waals surface area contributed by atoms with E-state index in [0.717, 1.165) is 27.4 Å². The van der Waals surface area contributed by atoms with Crippen LogP contribution in [0.3, 0.4) is 0 Å². The van der Waals surface area contributed by atoms with Crippen LogP contribution in [0.4, 0.5) is 0 Å². The Morgan fingerprint density at radius 1 is 1.11 bits per heavy atom. The first-order valence-electron chi connectivity index (χ1n) is 8.55. The number of fused-ring (bicyclic) bond motifs is 2. The number of aromatic nitrogens is 2. The lowest BCUT2D eigenvalue weighted by atomic mass is 10.0. The van der Waals surface area contributed by atoms with E-state index in [1.807, 2.05) is 48.5 Å². The zero-order valence-corrected chi connectivity index (χ0v) is 14.3. The lowest BCUT2D eigenvalue weighted by molar-refractivity contribution is -0.139. The highest BCUT2D eigenvalue weighted by Gasteiger charge is 2.22. The Morgan fingerprint density at radius 3 is 2.74 bits per heavy atom. The Kier molecular flexibility index (Phi) is 4.30. The Labute approximate surface area is 154 Å². The Bertz CT molecular complexity index is 1150. The number of pyridine rings is 1. The summed E-state index contributed by atoms with van der Waals surface area (Å²) in [5.41, 5.74) is 2.89. The number of nitrogens with one attached hydrogen (secondary N) is 2. The maximum Gasteiger partial charge on any atom is 0.326 e. The molecule has 1 amide bonds. The van der Waals surface area contributed by atoms with Gasteiger partial charge in [-0.05, 0) is 23.8 Å². The molecule has 0 saturated heterocycles. The van der Waals surface area contributed by atoms with Crippen LogP contribution in [0, 0.1) is 0 Å². The highest BCUT2D eigenvalue weighted by atomic mass is 16.4. The number of H-pyrrole nitrogens is 1. The molecule has 0 saturated carbocycles. The molecule has 4 rings (SSSR count). The SMILES string of the molecule is O=C(NC(Cc1c[nH]c2ccccc12)C(=O)O)c1cnc2ccccc2c1. The van der Waals surface area contributed by atoms with Crippen LogP contribution in [0.25, 0.3) is 21.8 Å². The van der Waals surface area contributed by atoms with Gasteiger partial charge >= 0.3 is 5.97 Å². The van der Waals surface area contributed by atoms with E-state index in [4.69, 9.17) is 0 Å². The molecule has 0 aliphatic heterocycles. The van der Waals surface area contributed by atoms with E-state index in [9.17, 15) is 14.7 Å². The van der Waals surface area contributed by atoms with Gasteiger partial charge in [0.1, 0.15) is 6.04 Å². The van der Waals surface area contributed by atoms with E-state index in [2.05, 4.69) is 15.3 Å². The molecule has 2 aromatic heterocycles. The number of amides is 1. The summed E-state index contributed by atoms with van der Waals surface area (Å²) in [6.07, 6.45) is 3.43. The molecular formula is C21H17N3O3. The first kappa shape index (κ1) is 16.8. The van der Waals surface area contributed by atoms with Gasteiger partial charge in [0, 0.05) is 35.1 Å². The molecule has 0 aliphatic rings. The van der Waals surface area contributed by atoms with Gasteiger partial charge in [-0.1, -0.05) is 36.4 Å². The van der Waals surface area contributed by atoms with Gasteiger partial charge in [-0.2, -0.15) is 0 Å². The molecular weight excluding hydrogens is 342 g/mol. The second-order valence-electron chi connectivity index (χ2n) is 6.34. The lowest BCUT2D eigenvalue weighted by Gasteiger charge is -2.14. The minimum absolute atomic E-state index is 0.187. The zero-order chi connectivity index (χ0) is 18.8. The number of benzene rings is 2. The van der Waals surface area contributed by atoms with Crippen molar-refractivity contribution in [3.05, 3.63) is 78.1 Å². The van der Waals surface area contributed by atoms with E-state index < -0.39 is 17.9 Å². The van der Waals surface area contributed by atoms with Crippen LogP contribution in [-0.2, 0) is 11.2 Å². The third-order valence-electron chi connectivity index (χ3n) is 4.56. The molecule has 134 valence electrons. The minimum Gasteiger partial charge on any atom is -0.480 e. The molecule has 0 fully saturated rings. The quantitative estimate of drug-likeness (QED) is 0.510. The summed E-state index contributed by atoms with van der Waals surface area (Å²) in [4.78, 5) is 31.7. The average molecular weight is 359 g/mol. The highest BCUT2D eigenvalue weighted by Crippen LogP contribution is 2.19. The molecule has 0 radical (unpaired) electrons. The molecule has 27 heavy (non-hydrogen) atoms. The summed E-state index contributed by atoms with van der Waals surface area (Å²) in [5, 5.41) is 14.0. The zero-order valence-electron chi connectivity index (χ0n) is 14.3. The summed E-state index contributed by atoms with van der Waals surface area (Å²) in [5.74, 6) is -1.54. The predicted octanol–water partition coefficient (Wildman–Crippen LogP) is 3.14.